The number of benzene rings is 2. The van der Waals surface area contributed by atoms with Gasteiger partial charge in [-0.15, -0.1) is 11.3 Å². The third-order valence-corrected chi connectivity index (χ3v) is 5.42. The van der Waals surface area contributed by atoms with Crippen LogP contribution in [-0.2, 0) is 0 Å². The van der Waals surface area contributed by atoms with Gasteiger partial charge in [-0.1, -0.05) is 48.0 Å². The van der Waals surface area contributed by atoms with E-state index in [4.69, 9.17) is 0 Å². The number of thiophene rings is 1. The van der Waals surface area contributed by atoms with Gasteiger partial charge in [-0.2, -0.15) is 0 Å². The van der Waals surface area contributed by atoms with Crippen LogP contribution in [0.5, 0.6) is 0 Å². The summed E-state index contributed by atoms with van der Waals surface area (Å²) in [5.41, 5.74) is 3.73. The van der Waals surface area contributed by atoms with Crippen molar-refractivity contribution in [2.75, 3.05) is 0 Å². The fraction of sp³-hybridized carbons (Fsp3) is 0.0435. The Hall–Kier alpha value is -3.11. The van der Waals surface area contributed by atoms with E-state index in [-0.39, 0.29) is 11.6 Å². The summed E-state index contributed by atoms with van der Waals surface area (Å²) in [5, 5.41) is 0.904. The van der Waals surface area contributed by atoms with Crippen molar-refractivity contribution < 1.29 is 9.18 Å². The maximum absolute atomic E-state index is 13.4. The molecule has 2 aromatic carbocycles. The van der Waals surface area contributed by atoms with Crippen molar-refractivity contribution in [2.24, 2.45) is 0 Å². The van der Waals surface area contributed by atoms with E-state index in [2.05, 4.69) is 4.98 Å². The summed E-state index contributed by atoms with van der Waals surface area (Å²) in [5.74, 6) is -0.387. The zero-order chi connectivity index (χ0) is 18.8. The van der Waals surface area contributed by atoms with Crippen LogP contribution in [0.4, 0.5) is 4.39 Å². The Kier molecular flexibility index (Phi) is 4.65. The quantitative estimate of drug-likeness (QED) is 0.310. The highest BCUT2D eigenvalue weighted by Crippen LogP contribution is 2.38. The van der Waals surface area contributed by atoms with Crippen LogP contribution in [0.15, 0.2) is 72.9 Å². The van der Waals surface area contributed by atoms with Crippen molar-refractivity contribution in [1.29, 1.82) is 0 Å². The van der Waals surface area contributed by atoms with E-state index in [0.717, 1.165) is 32.5 Å². The van der Waals surface area contributed by atoms with Crippen LogP contribution in [0.1, 0.15) is 20.8 Å². The normalized spacial score (nSPS) is 11.3. The third-order valence-electron chi connectivity index (χ3n) is 4.29. The number of aryl methyl sites for hydroxylation is 1. The molecule has 0 N–H and O–H groups in total. The molecular formula is C23H16FNOS. The SMILES string of the molecule is Cc1cccc(C=CC(=O)c2sc3ncccc3c2-c2ccc(F)cc2)c1. The topological polar surface area (TPSA) is 30.0 Å². The molecule has 0 unspecified atom stereocenters. The van der Waals surface area contributed by atoms with Gasteiger partial charge in [0.05, 0.1) is 4.88 Å². The van der Waals surface area contributed by atoms with Gasteiger partial charge in [-0.05, 0) is 48.4 Å². The van der Waals surface area contributed by atoms with Gasteiger partial charge >= 0.3 is 0 Å². The second-order valence-corrected chi connectivity index (χ2v) is 7.28. The van der Waals surface area contributed by atoms with Gasteiger partial charge in [0, 0.05) is 17.1 Å². The first kappa shape index (κ1) is 17.3. The Morgan fingerprint density at radius 1 is 1.07 bits per heavy atom. The van der Waals surface area contributed by atoms with Gasteiger partial charge in [0.1, 0.15) is 10.6 Å². The van der Waals surface area contributed by atoms with E-state index in [1.807, 2.05) is 49.4 Å². The molecule has 0 aliphatic heterocycles. The molecule has 0 fully saturated rings. The highest BCUT2D eigenvalue weighted by molar-refractivity contribution is 7.21. The van der Waals surface area contributed by atoms with Crippen LogP contribution in [-0.4, -0.2) is 10.8 Å². The van der Waals surface area contributed by atoms with Crippen molar-refractivity contribution in [1.82, 2.24) is 4.98 Å². The molecule has 0 aliphatic carbocycles. The highest BCUT2D eigenvalue weighted by atomic mass is 32.1. The van der Waals surface area contributed by atoms with Crippen molar-refractivity contribution in [3.63, 3.8) is 0 Å². The molecule has 2 nitrogen and oxygen atoms in total. The van der Waals surface area contributed by atoms with Gasteiger partial charge in [0.2, 0.25) is 0 Å². The van der Waals surface area contributed by atoms with Crippen molar-refractivity contribution in [3.05, 3.63) is 94.8 Å². The Bertz CT molecular complexity index is 1160. The molecule has 0 amide bonds. The number of carbonyl (C=O) groups is 1. The largest absolute Gasteiger partial charge is 0.288 e. The predicted octanol–water partition coefficient (Wildman–Crippen LogP) is 6.31. The summed E-state index contributed by atoms with van der Waals surface area (Å²) in [6, 6.07) is 18.0. The lowest BCUT2D eigenvalue weighted by atomic mass is 10.0. The van der Waals surface area contributed by atoms with Gasteiger partial charge in [0.25, 0.3) is 0 Å². The molecule has 0 aliphatic rings. The third kappa shape index (κ3) is 3.57. The number of hydrogen-bond acceptors (Lipinski definition) is 3. The molecule has 0 atom stereocenters. The maximum atomic E-state index is 13.4. The minimum absolute atomic E-state index is 0.0844. The molecule has 0 saturated carbocycles. The number of halogens is 1. The van der Waals surface area contributed by atoms with E-state index in [9.17, 15) is 9.18 Å². The Morgan fingerprint density at radius 3 is 2.67 bits per heavy atom. The number of allylic oxidation sites excluding steroid dienone is 1. The first-order valence-corrected chi connectivity index (χ1v) is 9.36. The van der Waals surface area contributed by atoms with Crippen LogP contribution < -0.4 is 0 Å². The zero-order valence-electron chi connectivity index (χ0n) is 14.6. The Labute approximate surface area is 160 Å². The number of ketones is 1. The fourth-order valence-electron chi connectivity index (χ4n) is 3.03. The van der Waals surface area contributed by atoms with E-state index < -0.39 is 0 Å². The van der Waals surface area contributed by atoms with Gasteiger partial charge in [-0.25, -0.2) is 9.37 Å². The number of hydrogen-bond donors (Lipinski definition) is 0. The molecule has 4 aromatic rings. The number of rotatable bonds is 4. The second-order valence-electron chi connectivity index (χ2n) is 6.28. The molecule has 0 saturated heterocycles. The van der Waals surface area contributed by atoms with Gasteiger partial charge in [-0.3, -0.25) is 4.79 Å². The monoisotopic (exact) mass is 373 g/mol. The Balaban J connectivity index is 1.80. The second kappa shape index (κ2) is 7.25. The minimum atomic E-state index is -0.302. The standard InChI is InChI=1S/C23H16FNOS/c1-15-4-2-5-16(14-15)7-12-20(26)22-21(17-8-10-18(24)11-9-17)19-6-3-13-25-23(19)27-22/h2-14H,1H3. The molecule has 0 bridgehead atoms. The lowest BCUT2D eigenvalue weighted by molar-refractivity contribution is 0.105. The lowest BCUT2D eigenvalue weighted by Crippen LogP contribution is -1.93. The Morgan fingerprint density at radius 2 is 1.89 bits per heavy atom. The summed E-state index contributed by atoms with van der Waals surface area (Å²) in [6.07, 6.45) is 5.12. The number of aromatic nitrogens is 1. The average molecular weight is 373 g/mol. The maximum Gasteiger partial charge on any atom is 0.196 e. The van der Waals surface area contributed by atoms with E-state index in [1.165, 1.54) is 23.5 Å². The molecule has 4 rings (SSSR count). The summed E-state index contributed by atoms with van der Waals surface area (Å²) >= 11 is 1.36. The fourth-order valence-corrected chi connectivity index (χ4v) is 4.12. The summed E-state index contributed by atoms with van der Waals surface area (Å²) in [6.45, 7) is 2.02. The van der Waals surface area contributed by atoms with Gasteiger partial charge in [0.15, 0.2) is 5.78 Å². The molecule has 2 aromatic heterocycles. The molecule has 4 heteroatoms. The number of carbonyl (C=O) groups excluding carboxylic acids is 1. The van der Waals surface area contributed by atoms with Gasteiger partial charge < -0.3 is 0 Å². The molecule has 27 heavy (non-hydrogen) atoms. The predicted molar refractivity (Wildman–Crippen MR) is 110 cm³/mol. The number of fused-ring (bicyclic) bond motifs is 1. The molecule has 0 spiro atoms. The molecular weight excluding hydrogens is 357 g/mol. The lowest BCUT2D eigenvalue weighted by Gasteiger charge is -2.03. The van der Waals surface area contributed by atoms with Crippen molar-refractivity contribution in [2.45, 2.75) is 6.92 Å². The summed E-state index contributed by atoms with van der Waals surface area (Å²) in [4.78, 5) is 18.7. The summed E-state index contributed by atoms with van der Waals surface area (Å²) in [7, 11) is 0. The van der Waals surface area contributed by atoms with Crippen LogP contribution >= 0.6 is 11.3 Å². The smallest absolute Gasteiger partial charge is 0.196 e. The van der Waals surface area contributed by atoms with Crippen LogP contribution in [0.2, 0.25) is 0 Å². The van der Waals surface area contributed by atoms with Crippen LogP contribution in [0.25, 0.3) is 27.4 Å². The van der Waals surface area contributed by atoms with Crippen molar-refractivity contribution >= 4 is 33.4 Å². The first-order valence-electron chi connectivity index (χ1n) is 8.54. The average Bonchev–Trinajstić information content (AvgIpc) is 3.06. The first-order chi connectivity index (χ1) is 13.1. The molecule has 132 valence electrons. The van der Waals surface area contributed by atoms with Crippen molar-refractivity contribution in [3.8, 4) is 11.1 Å². The van der Waals surface area contributed by atoms with Crippen LogP contribution in [0.3, 0.4) is 0 Å². The molecule has 2 heterocycles. The molecule has 0 radical (unpaired) electrons. The zero-order valence-corrected chi connectivity index (χ0v) is 15.5. The number of nitrogens with zero attached hydrogens (tertiary/aromatic N) is 1. The van der Waals surface area contributed by atoms with E-state index in [0.29, 0.717) is 4.88 Å². The van der Waals surface area contributed by atoms with E-state index in [1.54, 1.807) is 24.4 Å². The summed E-state index contributed by atoms with van der Waals surface area (Å²) < 4.78 is 13.4. The number of pyridine rings is 1. The van der Waals surface area contributed by atoms with Crippen LogP contribution in [0, 0.1) is 12.7 Å². The minimum Gasteiger partial charge on any atom is -0.288 e. The van der Waals surface area contributed by atoms with E-state index >= 15 is 0 Å². The highest BCUT2D eigenvalue weighted by Gasteiger charge is 2.18.